The van der Waals surface area contributed by atoms with Crippen molar-refractivity contribution in [3.8, 4) is 5.75 Å². The Hall–Kier alpha value is -2.68. The number of benzene rings is 1. The Kier molecular flexibility index (Phi) is 7.50. The summed E-state index contributed by atoms with van der Waals surface area (Å²) in [6, 6.07) is 2.19. The lowest BCUT2D eigenvalue weighted by Gasteiger charge is -2.36. The molecule has 0 bridgehead atoms. The van der Waals surface area contributed by atoms with Crippen LogP contribution in [0, 0.1) is 0 Å². The molecule has 1 unspecified atom stereocenters. The molecule has 0 amide bonds. The molecule has 1 aromatic carbocycles. The SMILES string of the molecule is CCOC(=O)c1cnn(C2CCCN(c3cc(Cl)ccc3OS(=O)(=O)C(F)(F)F)C2)c1C(F)(F)F. The van der Waals surface area contributed by atoms with Crippen molar-refractivity contribution < 1.29 is 48.5 Å². The van der Waals surface area contributed by atoms with E-state index in [9.17, 15) is 39.6 Å². The molecule has 1 aliphatic rings. The molecule has 3 rings (SSSR count). The van der Waals surface area contributed by atoms with Crippen molar-refractivity contribution in [1.82, 2.24) is 9.78 Å². The van der Waals surface area contributed by atoms with E-state index in [1.807, 2.05) is 0 Å². The fraction of sp³-hybridized carbons (Fsp3) is 0.474. The Morgan fingerprint density at radius 2 is 1.91 bits per heavy atom. The Balaban J connectivity index is 1.98. The normalized spacial score (nSPS) is 17.4. The predicted molar refractivity (Wildman–Crippen MR) is 111 cm³/mol. The molecule has 1 fully saturated rings. The lowest BCUT2D eigenvalue weighted by Crippen LogP contribution is -2.39. The summed E-state index contributed by atoms with van der Waals surface area (Å²) in [6.45, 7) is 1.19. The third kappa shape index (κ3) is 5.77. The lowest BCUT2D eigenvalue weighted by atomic mass is 10.0. The Bertz CT molecular complexity index is 1200. The van der Waals surface area contributed by atoms with Gasteiger partial charge >= 0.3 is 27.8 Å². The van der Waals surface area contributed by atoms with Crippen molar-refractivity contribution in [3.63, 3.8) is 0 Å². The maximum absolute atomic E-state index is 13.8. The van der Waals surface area contributed by atoms with Crippen LogP contribution in [0.3, 0.4) is 0 Å². The molecule has 16 heteroatoms. The first kappa shape index (κ1) is 26.9. The number of hydrogen-bond donors (Lipinski definition) is 0. The van der Waals surface area contributed by atoms with Crippen LogP contribution in [-0.4, -0.2) is 49.4 Å². The summed E-state index contributed by atoms with van der Waals surface area (Å²) in [5.74, 6) is -1.90. The number of carbonyl (C=O) groups is 1. The van der Waals surface area contributed by atoms with E-state index in [0.29, 0.717) is 4.68 Å². The number of carbonyl (C=O) groups excluding carboxylic acids is 1. The molecule has 1 saturated heterocycles. The van der Waals surface area contributed by atoms with Crippen LogP contribution in [0.1, 0.15) is 41.9 Å². The van der Waals surface area contributed by atoms with Crippen LogP contribution >= 0.6 is 11.6 Å². The van der Waals surface area contributed by atoms with E-state index in [-0.39, 0.29) is 43.2 Å². The number of rotatable bonds is 6. The first-order chi connectivity index (χ1) is 16.2. The third-order valence-corrected chi connectivity index (χ3v) is 6.25. The molecule has 194 valence electrons. The maximum atomic E-state index is 13.8. The summed E-state index contributed by atoms with van der Waals surface area (Å²) in [5, 5.41) is 3.76. The number of nitrogens with zero attached hydrogens (tertiary/aromatic N) is 3. The Labute approximate surface area is 200 Å². The molecule has 2 aromatic rings. The molecule has 2 heterocycles. The van der Waals surface area contributed by atoms with Crippen LogP contribution in [0.15, 0.2) is 24.4 Å². The van der Waals surface area contributed by atoms with Crippen molar-refractivity contribution in [1.29, 1.82) is 0 Å². The minimum absolute atomic E-state index is 0.0264. The molecule has 1 aromatic heterocycles. The number of hydrogen-bond acceptors (Lipinski definition) is 7. The third-order valence-electron chi connectivity index (χ3n) is 5.05. The van der Waals surface area contributed by atoms with Crippen molar-refractivity contribution >= 4 is 33.4 Å². The largest absolute Gasteiger partial charge is 0.534 e. The number of esters is 1. The van der Waals surface area contributed by atoms with E-state index in [1.54, 1.807) is 0 Å². The second-order valence-corrected chi connectivity index (χ2v) is 9.38. The summed E-state index contributed by atoms with van der Waals surface area (Å²) in [6.07, 6.45) is -3.79. The van der Waals surface area contributed by atoms with Gasteiger partial charge in [-0.3, -0.25) is 4.68 Å². The zero-order valence-corrected chi connectivity index (χ0v) is 19.4. The predicted octanol–water partition coefficient (Wildman–Crippen LogP) is 4.80. The number of alkyl halides is 6. The highest BCUT2D eigenvalue weighted by molar-refractivity contribution is 7.88. The minimum atomic E-state index is -6.02. The fourth-order valence-corrected chi connectivity index (χ4v) is 4.26. The van der Waals surface area contributed by atoms with E-state index >= 15 is 0 Å². The van der Waals surface area contributed by atoms with Crippen molar-refractivity contribution in [2.45, 2.75) is 37.5 Å². The lowest BCUT2D eigenvalue weighted by molar-refractivity contribution is -0.145. The highest BCUT2D eigenvalue weighted by atomic mass is 35.5. The molecule has 0 N–H and O–H groups in total. The smallest absolute Gasteiger partial charge is 0.462 e. The molecule has 0 spiro atoms. The zero-order valence-electron chi connectivity index (χ0n) is 17.9. The van der Waals surface area contributed by atoms with Gasteiger partial charge < -0.3 is 13.8 Å². The van der Waals surface area contributed by atoms with Gasteiger partial charge in [0, 0.05) is 18.1 Å². The Morgan fingerprint density at radius 3 is 2.51 bits per heavy atom. The fourth-order valence-electron chi connectivity index (χ4n) is 3.63. The van der Waals surface area contributed by atoms with Gasteiger partial charge in [-0.05, 0) is 38.0 Å². The van der Waals surface area contributed by atoms with Crippen molar-refractivity contribution in [2.24, 2.45) is 0 Å². The first-order valence-electron chi connectivity index (χ1n) is 10.0. The molecular weight excluding hydrogens is 532 g/mol. The molecule has 0 radical (unpaired) electrons. The second kappa shape index (κ2) is 9.76. The van der Waals surface area contributed by atoms with Gasteiger partial charge in [0.15, 0.2) is 11.4 Å². The highest BCUT2D eigenvalue weighted by Gasteiger charge is 2.49. The number of piperidine rings is 1. The van der Waals surface area contributed by atoms with Crippen LogP contribution in [0.2, 0.25) is 5.02 Å². The Morgan fingerprint density at radius 1 is 1.23 bits per heavy atom. The van der Waals surface area contributed by atoms with Gasteiger partial charge in [0.25, 0.3) is 0 Å². The van der Waals surface area contributed by atoms with E-state index in [4.69, 9.17) is 11.6 Å². The average Bonchev–Trinajstić information content (AvgIpc) is 3.20. The second-order valence-electron chi connectivity index (χ2n) is 7.41. The summed E-state index contributed by atoms with van der Waals surface area (Å²) >= 11 is 5.93. The van der Waals surface area contributed by atoms with Crippen LogP contribution in [0.5, 0.6) is 5.75 Å². The van der Waals surface area contributed by atoms with Crippen LogP contribution < -0.4 is 9.08 Å². The van der Waals surface area contributed by atoms with Crippen molar-refractivity contribution in [3.05, 3.63) is 40.7 Å². The summed E-state index contributed by atoms with van der Waals surface area (Å²) in [4.78, 5) is 13.4. The van der Waals surface area contributed by atoms with Crippen LogP contribution in [-0.2, 0) is 21.0 Å². The van der Waals surface area contributed by atoms with Crippen LogP contribution in [0.25, 0.3) is 0 Å². The topological polar surface area (TPSA) is 90.7 Å². The maximum Gasteiger partial charge on any atom is 0.534 e. The zero-order chi connectivity index (χ0) is 26.2. The highest BCUT2D eigenvalue weighted by Crippen LogP contribution is 2.40. The van der Waals surface area contributed by atoms with Gasteiger partial charge in [-0.2, -0.15) is 39.9 Å². The molecular formula is C19H18ClF6N3O5S. The van der Waals surface area contributed by atoms with Crippen LogP contribution in [0.4, 0.5) is 32.0 Å². The number of halogens is 7. The summed E-state index contributed by atoms with van der Waals surface area (Å²) in [5.41, 5.74) is -7.97. The molecule has 1 aliphatic heterocycles. The van der Waals surface area contributed by atoms with Gasteiger partial charge in [0.1, 0.15) is 5.56 Å². The monoisotopic (exact) mass is 549 g/mol. The van der Waals surface area contributed by atoms with Gasteiger partial charge in [0.2, 0.25) is 0 Å². The van der Waals surface area contributed by atoms with Gasteiger partial charge in [-0.25, -0.2) is 4.79 Å². The minimum Gasteiger partial charge on any atom is -0.462 e. The first-order valence-corrected chi connectivity index (χ1v) is 11.8. The molecule has 1 atom stereocenters. The van der Waals surface area contributed by atoms with Crippen molar-refractivity contribution in [2.75, 3.05) is 24.6 Å². The van der Waals surface area contributed by atoms with Gasteiger partial charge in [-0.1, -0.05) is 11.6 Å². The van der Waals surface area contributed by atoms with E-state index in [0.717, 1.165) is 24.4 Å². The number of ether oxygens (including phenoxy) is 1. The number of aromatic nitrogens is 2. The van der Waals surface area contributed by atoms with E-state index in [2.05, 4.69) is 14.0 Å². The molecule has 0 saturated carbocycles. The molecule has 0 aliphatic carbocycles. The number of anilines is 1. The average molecular weight is 550 g/mol. The molecule has 8 nitrogen and oxygen atoms in total. The quantitative estimate of drug-likeness (QED) is 0.221. The standard InChI is InChI=1S/C19H18ClF6N3O5S/c1-2-33-17(30)13-9-27-29(16(13)18(21,22)23)12-4-3-7-28(10-12)14-8-11(20)5-6-15(14)34-35(31,32)19(24,25)26/h5-6,8-9,12H,2-4,7,10H2,1H3. The summed E-state index contributed by atoms with van der Waals surface area (Å²) < 4.78 is 113. The van der Waals surface area contributed by atoms with E-state index < -0.39 is 50.8 Å². The van der Waals surface area contributed by atoms with Gasteiger partial charge in [-0.15, -0.1) is 0 Å². The van der Waals surface area contributed by atoms with E-state index in [1.165, 1.54) is 11.8 Å². The molecule has 35 heavy (non-hydrogen) atoms. The summed E-state index contributed by atoms with van der Waals surface area (Å²) in [7, 11) is -6.02. The van der Waals surface area contributed by atoms with Gasteiger partial charge in [0.05, 0.1) is 24.5 Å².